The highest BCUT2D eigenvalue weighted by Gasteiger charge is 2.27. The molecule has 0 aliphatic carbocycles. The van der Waals surface area contributed by atoms with Gasteiger partial charge in [0, 0.05) is 18.8 Å². The summed E-state index contributed by atoms with van der Waals surface area (Å²) in [6.45, 7) is 5.18. The zero-order valence-corrected chi connectivity index (χ0v) is 14.3. The normalized spacial score (nSPS) is 13.3. The molecule has 24 heavy (non-hydrogen) atoms. The molecule has 0 atom stereocenters. The molecule has 0 unspecified atom stereocenters. The zero-order valence-electron chi connectivity index (χ0n) is 14.3. The first-order valence-corrected chi connectivity index (χ1v) is 8.26. The second kappa shape index (κ2) is 5.68. The minimum absolute atomic E-state index is 0.814. The second-order valence-corrected chi connectivity index (χ2v) is 6.40. The summed E-state index contributed by atoms with van der Waals surface area (Å²) in [6, 6.07) is 19.2. The highest BCUT2D eigenvalue weighted by Crippen LogP contribution is 2.43. The van der Waals surface area contributed by atoms with Gasteiger partial charge < -0.3 is 9.80 Å². The molecule has 0 saturated heterocycles. The predicted molar refractivity (Wildman–Crippen MR) is 101 cm³/mol. The molecular weight excluding hydrogens is 294 g/mol. The third kappa shape index (κ3) is 2.24. The molecule has 0 radical (unpaired) electrons. The Morgan fingerprint density at radius 1 is 0.833 bits per heavy atom. The number of nitrogens with zero attached hydrogens (tertiary/aromatic N) is 3. The van der Waals surface area contributed by atoms with Crippen LogP contribution in [0, 0.1) is 13.8 Å². The number of benzene rings is 2. The van der Waals surface area contributed by atoms with Crippen LogP contribution in [0.1, 0.15) is 11.1 Å². The van der Waals surface area contributed by atoms with Crippen LogP contribution in [0.3, 0.4) is 0 Å². The van der Waals surface area contributed by atoms with Crippen LogP contribution in [0.4, 0.5) is 17.2 Å². The fourth-order valence-electron chi connectivity index (χ4n) is 3.60. The lowest BCUT2D eigenvalue weighted by atomic mass is 9.94. The topological polar surface area (TPSA) is 19.4 Å². The SMILES string of the molecule is Cc1cccc(C)c1-c1ccccc1N1CN(C)c2cccnc21. The summed E-state index contributed by atoms with van der Waals surface area (Å²) in [5.74, 6) is 1.03. The second-order valence-electron chi connectivity index (χ2n) is 6.40. The molecule has 0 saturated carbocycles. The molecule has 3 heteroatoms. The van der Waals surface area contributed by atoms with Crippen LogP contribution in [0.15, 0.2) is 60.8 Å². The summed E-state index contributed by atoms with van der Waals surface area (Å²) < 4.78 is 0. The number of anilines is 3. The Labute approximate surface area is 143 Å². The number of aryl methyl sites for hydroxylation is 2. The molecule has 2 aromatic carbocycles. The van der Waals surface area contributed by atoms with E-state index in [2.05, 4.69) is 84.2 Å². The highest BCUT2D eigenvalue weighted by molar-refractivity contribution is 5.89. The quantitative estimate of drug-likeness (QED) is 0.670. The summed E-state index contributed by atoms with van der Waals surface area (Å²) in [5, 5.41) is 0. The molecule has 1 aromatic heterocycles. The monoisotopic (exact) mass is 315 g/mol. The molecule has 120 valence electrons. The maximum atomic E-state index is 4.63. The van der Waals surface area contributed by atoms with Gasteiger partial charge in [-0.05, 0) is 48.7 Å². The predicted octanol–water partition coefficient (Wildman–Crippen LogP) is 4.91. The molecule has 0 spiro atoms. The van der Waals surface area contributed by atoms with Crippen LogP contribution < -0.4 is 9.80 Å². The van der Waals surface area contributed by atoms with Crippen molar-refractivity contribution in [1.29, 1.82) is 0 Å². The van der Waals surface area contributed by atoms with E-state index in [0.717, 1.165) is 12.5 Å². The van der Waals surface area contributed by atoms with E-state index in [1.54, 1.807) is 0 Å². The van der Waals surface area contributed by atoms with Gasteiger partial charge in [-0.3, -0.25) is 0 Å². The van der Waals surface area contributed by atoms with Crippen LogP contribution in [0.25, 0.3) is 11.1 Å². The van der Waals surface area contributed by atoms with Gasteiger partial charge in [0.15, 0.2) is 5.82 Å². The fourth-order valence-corrected chi connectivity index (χ4v) is 3.60. The summed E-state index contributed by atoms with van der Waals surface area (Å²) in [5.41, 5.74) is 7.57. The van der Waals surface area contributed by atoms with Crippen LogP contribution in [-0.4, -0.2) is 18.7 Å². The van der Waals surface area contributed by atoms with Gasteiger partial charge in [-0.25, -0.2) is 4.98 Å². The van der Waals surface area contributed by atoms with Gasteiger partial charge in [0.1, 0.15) is 0 Å². The minimum Gasteiger partial charge on any atom is -0.354 e. The summed E-state index contributed by atoms with van der Waals surface area (Å²) in [7, 11) is 2.11. The first-order valence-electron chi connectivity index (χ1n) is 8.26. The number of rotatable bonds is 2. The number of aromatic nitrogens is 1. The van der Waals surface area contributed by atoms with Crippen molar-refractivity contribution in [2.75, 3.05) is 23.5 Å². The zero-order chi connectivity index (χ0) is 16.7. The van der Waals surface area contributed by atoms with Crippen molar-refractivity contribution in [3.05, 3.63) is 71.9 Å². The first-order chi connectivity index (χ1) is 11.7. The molecule has 0 amide bonds. The summed E-state index contributed by atoms with van der Waals surface area (Å²) >= 11 is 0. The lowest BCUT2D eigenvalue weighted by Gasteiger charge is -2.23. The van der Waals surface area contributed by atoms with Gasteiger partial charge in [-0.2, -0.15) is 0 Å². The average molecular weight is 315 g/mol. The van der Waals surface area contributed by atoms with Gasteiger partial charge in [0.05, 0.1) is 18.0 Å². The fraction of sp³-hybridized carbons (Fsp3) is 0.190. The Balaban J connectivity index is 1.91. The highest BCUT2D eigenvalue weighted by atomic mass is 15.4. The van der Waals surface area contributed by atoms with Crippen molar-refractivity contribution in [2.24, 2.45) is 0 Å². The molecular formula is C21H21N3. The standard InChI is InChI=1S/C21H21N3/c1-15-8-6-9-16(2)20(15)17-10-4-5-11-18(17)24-14-23(3)19-12-7-13-22-21(19)24/h4-13H,14H2,1-3H3. The molecule has 0 N–H and O–H groups in total. The number of para-hydroxylation sites is 1. The van der Waals surface area contributed by atoms with Crippen molar-refractivity contribution >= 4 is 17.2 Å². The third-order valence-electron chi connectivity index (χ3n) is 4.73. The van der Waals surface area contributed by atoms with Crippen LogP contribution >= 0.6 is 0 Å². The lowest BCUT2D eigenvalue weighted by Crippen LogP contribution is -2.24. The smallest absolute Gasteiger partial charge is 0.158 e. The molecule has 0 fully saturated rings. The summed E-state index contributed by atoms with van der Waals surface area (Å²) in [4.78, 5) is 9.17. The van der Waals surface area contributed by atoms with Crippen molar-refractivity contribution in [2.45, 2.75) is 13.8 Å². The minimum atomic E-state index is 0.814. The van der Waals surface area contributed by atoms with E-state index < -0.39 is 0 Å². The van der Waals surface area contributed by atoms with Gasteiger partial charge >= 0.3 is 0 Å². The van der Waals surface area contributed by atoms with Crippen LogP contribution in [0.2, 0.25) is 0 Å². The van der Waals surface area contributed by atoms with E-state index in [1.165, 1.54) is 33.6 Å². The number of pyridine rings is 1. The van der Waals surface area contributed by atoms with E-state index in [9.17, 15) is 0 Å². The summed E-state index contributed by atoms with van der Waals surface area (Å²) in [6.07, 6.45) is 1.87. The van der Waals surface area contributed by atoms with Crippen molar-refractivity contribution in [3.8, 4) is 11.1 Å². The molecule has 2 heterocycles. The van der Waals surface area contributed by atoms with Gasteiger partial charge in [0.25, 0.3) is 0 Å². The average Bonchev–Trinajstić information content (AvgIpc) is 2.93. The van der Waals surface area contributed by atoms with Crippen molar-refractivity contribution in [1.82, 2.24) is 4.98 Å². The van der Waals surface area contributed by atoms with E-state index in [0.29, 0.717) is 0 Å². The van der Waals surface area contributed by atoms with Gasteiger partial charge in [-0.1, -0.05) is 36.4 Å². The van der Waals surface area contributed by atoms with Gasteiger partial charge in [0.2, 0.25) is 0 Å². The third-order valence-corrected chi connectivity index (χ3v) is 4.73. The Morgan fingerprint density at radius 3 is 2.33 bits per heavy atom. The largest absolute Gasteiger partial charge is 0.354 e. The van der Waals surface area contributed by atoms with Crippen molar-refractivity contribution < 1.29 is 0 Å². The van der Waals surface area contributed by atoms with Crippen LogP contribution in [0.5, 0.6) is 0 Å². The molecule has 3 aromatic rings. The van der Waals surface area contributed by atoms with E-state index >= 15 is 0 Å². The van der Waals surface area contributed by atoms with E-state index in [1.807, 2.05) is 12.3 Å². The van der Waals surface area contributed by atoms with E-state index in [-0.39, 0.29) is 0 Å². The number of fused-ring (bicyclic) bond motifs is 1. The maximum Gasteiger partial charge on any atom is 0.158 e. The lowest BCUT2D eigenvalue weighted by molar-refractivity contribution is 0.944. The maximum absolute atomic E-state index is 4.63. The van der Waals surface area contributed by atoms with Crippen molar-refractivity contribution in [3.63, 3.8) is 0 Å². The molecule has 1 aliphatic heterocycles. The Bertz CT molecular complexity index is 881. The van der Waals surface area contributed by atoms with Crippen LogP contribution in [-0.2, 0) is 0 Å². The molecule has 1 aliphatic rings. The number of hydrogen-bond acceptors (Lipinski definition) is 3. The molecule has 4 rings (SSSR count). The number of hydrogen-bond donors (Lipinski definition) is 0. The van der Waals surface area contributed by atoms with E-state index in [4.69, 9.17) is 0 Å². The Hall–Kier alpha value is -2.81. The first kappa shape index (κ1) is 14.8. The Kier molecular flexibility index (Phi) is 3.49. The molecule has 3 nitrogen and oxygen atoms in total. The molecule has 0 bridgehead atoms. The Morgan fingerprint density at radius 2 is 1.54 bits per heavy atom. The van der Waals surface area contributed by atoms with Gasteiger partial charge in [-0.15, -0.1) is 0 Å².